The maximum absolute atomic E-state index is 12.0. The van der Waals surface area contributed by atoms with Gasteiger partial charge in [-0.2, -0.15) is 13.2 Å². The summed E-state index contributed by atoms with van der Waals surface area (Å²) in [7, 11) is 0. The number of carboxylic acid groups (broad SMARTS) is 1. The molecule has 0 radical (unpaired) electrons. The number of benzene rings is 2. The Hall–Kier alpha value is -2.24. The molecular weight excluding hydrogens is 345 g/mol. The summed E-state index contributed by atoms with van der Waals surface area (Å²) in [5.41, 5.74) is -1.23. The highest BCUT2D eigenvalue weighted by Crippen LogP contribution is 2.40. The molecule has 2 rings (SSSR count). The average molecular weight is 370 g/mol. The zero-order chi connectivity index (χ0) is 20.1. The molecule has 2 unspecified atom stereocenters. The Morgan fingerprint density at radius 2 is 1.62 bits per heavy atom. The molecule has 0 heterocycles. The molecule has 0 aliphatic carbocycles. The molecule has 0 spiro atoms. The molecule has 0 aliphatic rings. The van der Waals surface area contributed by atoms with E-state index in [9.17, 15) is 23.1 Å². The number of hydrogen-bond acceptors (Lipinski definition) is 2. The van der Waals surface area contributed by atoms with Gasteiger partial charge in [-0.05, 0) is 54.2 Å². The van der Waals surface area contributed by atoms with Crippen molar-refractivity contribution in [2.24, 2.45) is 5.41 Å². The maximum atomic E-state index is 12.0. The zero-order valence-corrected chi connectivity index (χ0v) is 15.4. The Morgan fingerprint density at radius 1 is 1.08 bits per heavy atom. The summed E-state index contributed by atoms with van der Waals surface area (Å²) in [6.07, 6.45) is -3.97. The van der Waals surface area contributed by atoms with Gasteiger partial charge in [-0.25, -0.2) is 0 Å². The van der Waals surface area contributed by atoms with Crippen molar-refractivity contribution in [3.63, 3.8) is 0 Å². The van der Waals surface area contributed by atoms with Crippen LogP contribution >= 0.6 is 0 Å². The van der Waals surface area contributed by atoms with Gasteiger partial charge in [0.05, 0.1) is 0 Å². The van der Waals surface area contributed by atoms with Crippen molar-refractivity contribution in [1.29, 1.82) is 0 Å². The predicted octanol–water partition coefficient (Wildman–Crippen LogP) is 6.11. The quantitative estimate of drug-likeness (QED) is 0.683. The Bertz CT molecular complexity index is 756. The number of aromatic hydroxyl groups is 1. The van der Waals surface area contributed by atoms with E-state index >= 15 is 0 Å². The number of carbonyl (C=O) groups is 1. The number of aliphatic carboxylic acids is 1. The number of halogens is 3. The van der Waals surface area contributed by atoms with Gasteiger partial charge in [-0.1, -0.05) is 45.0 Å². The Kier molecular flexibility index (Phi) is 7.07. The number of phenols is 1. The van der Waals surface area contributed by atoms with E-state index in [-0.39, 0.29) is 0 Å². The first kappa shape index (κ1) is 21.8. The molecule has 2 aromatic rings. The van der Waals surface area contributed by atoms with Gasteiger partial charge in [-0.15, -0.1) is 0 Å². The molecule has 26 heavy (non-hydrogen) atoms. The molecule has 0 aromatic heterocycles. The van der Waals surface area contributed by atoms with Crippen LogP contribution in [0.3, 0.4) is 0 Å². The minimum absolute atomic E-state index is 0.332. The molecule has 6 heteroatoms. The molecular formula is C20H25F3O3. The van der Waals surface area contributed by atoms with E-state index in [0.29, 0.717) is 18.6 Å². The molecule has 2 atom stereocenters. The van der Waals surface area contributed by atoms with Gasteiger partial charge in [0.2, 0.25) is 0 Å². The summed E-state index contributed by atoms with van der Waals surface area (Å²) in [4.78, 5) is 10.2. The minimum Gasteiger partial charge on any atom is -0.508 e. The van der Waals surface area contributed by atoms with Gasteiger partial charge >= 0.3 is 12.1 Å². The maximum Gasteiger partial charge on any atom is 0.404 e. The summed E-state index contributed by atoms with van der Waals surface area (Å²) in [5, 5.41) is 19.9. The molecule has 0 aliphatic heterocycles. The standard InChI is InChI=1S/C14H16O.C6H9F3O2/c1-3-10(2)11-4-5-13-9-14(15)7-6-12(13)8-11;1-3-5(2,4(10)11)6(7,8)9/h4-10,15H,3H2,1-2H3;3H2,1-2H3,(H,10,11). The summed E-state index contributed by atoms with van der Waals surface area (Å²) in [5.74, 6) is -0.894. The van der Waals surface area contributed by atoms with Crippen molar-refractivity contribution in [1.82, 2.24) is 0 Å². The van der Waals surface area contributed by atoms with Crippen LogP contribution in [0, 0.1) is 5.41 Å². The van der Waals surface area contributed by atoms with Crippen molar-refractivity contribution in [3.8, 4) is 5.75 Å². The van der Waals surface area contributed by atoms with Crippen molar-refractivity contribution in [2.45, 2.75) is 52.6 Å². The van der Waals surface area contributed by atoms with Gasteiger partial charge in [0.15, 0.2) is 5.41 Å². The molecule has 0 saturated carbocycles. The normalized spacial score (nSPS) is 14.9. The smallest absolute Gasteiger partial charge is 0.404 e. The van der Waals surface area contributed by atoms with Gasteiger partial charge in [-0.3, -0.25) is 4.79 Å². The van der Waals surface area contributed by atoms with Crippen LogP contribution in [-0.2, 0) is 4.79 Å². The van der Waals surface area contributed by atoms with Gasteiger partial charge in [0.25, 0.3) is 0 Å². The van der Waals surface area contributed by atoms with Crippen LogP contribution in [-0.4, -0.2) is 22.4 Å². The third kappa shape index (κ3) is 4.90. The van der Waals surface area contributed by atoms with Gasteiger partial charge < -0.3 is 10.2 Å². The predicted molar refractivity (Wildman–Crippen MR) is 96.4 cm³/mol. The lowest BCUT2D eigenvalue weighted by atomic mass is 9.87. The fourth-order valence-corrected chi connectivity index (χ4v) is 2.27. The van der Waals surface area contributed by atoms with Crippen LogP contribution in [0.25, 0.3) is 10.8 Å². The second kappa shape index (κ2) is 8.43. The third-order valence-corrected chi connectivity index (χ3v) is 4.83. The van der Waals surface area contributed by atoms with E-state index in [1.165, 1.54) is 17.9 Å². The average Bonchev–Trinajstić information content (AvgIpc) is 2.59. The van der Waals surface area contributed by atoms with Crippen LogP contribution in [0.4, 0.5) is 13.2 Å². The fourth-order valence-electron chi connectivity index (χ4n) is 2.27. The Labute approximate surface area is 151 Å². The first-order chi connectivity index (χ1) is 12.0. The SMILES string of the molecule is CCC(C)(C(=O)O)C(F)(F)F.CCC(C)c1ccc2cc(O)ccc2c1. The van der Waals surface area contributed by atoms with E-state index in [4.69, 9.17) is 5.11 Å². The molecule has 0 amide bonds. The monoisotopic (exact) mass is 370 g/mol. The molecule has 0 saturated heterocycles. The lowest BCUT2D eigenvalue weighted by molar-refractivity contribution is -0.227. The second-order valence-electron chi connectivity index (χ2n) is 6.59. The van der Waals surface area contributed by atoms with Crippen LogP contribution < -0.4 is 0 Å². The molecule has 0 fully saturated rings. The van der Waals surface area contributed by atoms with Crippen molar-refractivity contribution < 1.29 is 28.2 Å². The van der Waals surface area contributed by atoms with E-state index in [1.54, 1.807) is 12.1 Å². The lowest BCUT2D eigenvalue weighted by Crippen LogP contribution is -2.41. The number of phenolic OH excluding ortho intramolecular Hbond substituents is 1. The number of fused-ring (bicyclic) bond motifs is 1. The van der Waals surface area contributed by atoms with Crippen LogP contribution in [0.5, 0.6) is 5.75 Å². The van der Waals surface area contributed by atoms with Crippen LogP contribution in [0.1, 0.15) is 52.0 Å². The molecule has 2 aromatic carbocycles. The summed E-state index contributed by atoms with van der Waals surface area (Å²) >= 11 is 0. The van der Waals surface area contributed by atoms with E-state index in [2.05, 4.69) is 32.0 Å². The first-order valence-corrected chi connectivity index (χ1v) is 8.49. The largest absolute Gasteiger partial charge is 0.508 e. The topological polar surface area (TPSA) is 57.5 Å². The molecule has 2 N–H and O–H groups in total. The summed E-state index contributed by atoms with van der Waals surface area (Å²) in [6, 6.07) is 11.9. The number of carboxylic acids is 1. The molecule has 144 valence electrons. The highest BCUT2D eigenvalue weighted by Gasteiger charge is 2.55. The van der Waals surface area contributed by atoms with Crippen molar-refractivity contribution >= 4 is 16.7 Å². The van der Waals surface area contributed by atoms with Crippen LogP contribution in [0.2, 0.25) is 0 Å². The summed E-state index contributed by atoms with van der Waals surface area (Å²) in [6.45, 7) is 6.31. The summed E-state index contributed by atoms with van der Waals surface area (Å²) < 4.78 is 35.9. The second-order valence-corrected chi connectivity index (χ2v) is 6.59. The van der Waals surface area contributed by atoms with Crippen LogP contribution in [0.15, 0.2) is 36.4 Å². The van der Waals surface area contributed by atoms with Crippen molar-refractivity contribution in [3.05, 3.63) is 42.0 Å². The van der Waals surface area contributed by atoms with E-state index in [1.807, 2.05) is 6.07 Å². The Morgan fingerprint density at radius 3 is 2.04 bits per heavy atom. The highest BCUT2D eigenvalue weighted by molar-refractivity contribution is 5.84. The number of hydrogen-bond donors (Lipinski definition) is 2. The van der Waals surface area contributed by atoms with Gasteiger partial charge in [0.1, 0.15) is 5.75 Å². The number of alkyl halides is 3. The third-order valence-electron chi connectivity index (χ3n) is 4.83. The fraction of sp³-hybridized carbons (Fsp3) is 0.450. The van der Waals surface area contributed by atoms with Gasteiger partial charge in [0, 0.05) is 0 Å². The molecule has 3 nitrogen and oxygen atoms in total. The minimum atomic E-state index is -4.67. The van der Waals surface area contributed by atoms with E-state index in [0.717, 1.165) is 11.8 Å². The zero-order valence-electron chi connectivity index (χ0n) is 15.4. The molecule has 0 bridgehead atoms. The number of rotatable bonds is 4. The first-order valence-electron chi connectivity index (χ1n) is 8.49. The van der Waals surface area contributed by atoms with Crippen molar-refractivity contribution in [2.75, 3.05) is 0 Å². The highest BCUT2D eigenvalue weighted by atomic mass is 19.4. The lowest BCUT2D eigenvalue weighted by Gasteiger charge is -2.25. The van der Waals surface area contributed by atoms with E-state index < -0.39 is 24.0 Å². The Balaban J connectivity index is 0.000000276.